The molecule has 1 atom stereocenters. The van der Waals surface area contributed by atoms with Gasteiger partial charge in [0.2, 0.25) is 0 Å². The molecule has 2 aromatic carbocycles. The molecule has 0 aliphatic heterocycles. The van der Waals surface area contributed by atoms with Crippen LogP contribution in [0, 0.1) is 0 Å². The molecule has 0 aromatic heterocycles. The molecule has 5 nitrogen and oxygen atoms in total. The van der Waals surface area contributed by atoms with Gasteiger partial charge in [-0.1, -0.05) is 24.3 Å². The number of benzene rings is 2. The van der Waals surface area contributed by atoms with Crippen molar-refractivity contribution < 1.29 is 9.90 Å². The smallest absolute Gasteiger partial charge is 0.316 e. The van der Waals surface area contributed by atoms with Gasteiger partial charge < -0.3 is 21.5 Å². The van der Waals surface area contributed by atoms with E-state index in [2.05, 4.69) is 17.6 Å². The van der Waals surface area contributed by atoms with Gasteiger partial charge >= 0.3 is 6.03 Å². The summed E-state index contributed by atoms with van der Waals surface area (Å²) in [5, 5.41) is 15.2. The van der Waals surface area contributed by atoms with E-state index in [0.29, 0.717) is 12.2 Å². The fraction of sp³-hybridized carbons (Fsp3) is 0.188. The van der Waals surface area contributed by atoms with E-state index in [-0.39, 0.29) is 11.8 Å². The minimum Gasteiger partial charge on any atom is -0.508 e. The number of amides is 2. The number of hydrogen-bond donors (Lipinski definition) is 4. The van der Waals surface area contributed by atoms with Gasteiger partial charge in [0.25, 0.3) is 0 Å². The molecule has 0 spiro atoms. The van der Waals surface area contributed by atoms with Gasteiger partial charge in [-0.2, -0.15) is 0 Å². The van der Waals surface area contributed by atoms with E-state index < -0.39 is 6.03 Å². The standard InChI is InChI=1S/C16H19N3O2/c1-11(18-10-12-2-8-15(20)9-3-12)13-4-6-14(7-5-13)19-16(17)21/h2-9,11,18,20H,10H2,1H3,(H3,17,19,21). The normalized spacial score (nSPS) is 11.9. The van der Waals surface area contributed by atoms with Gasteiger partial charge in [-0.05, 0) is 42.3 Å². The summed E-state index contributed by atoms with van der Waals surface area (Å²) in [6.45, 7) is 2.78. The van der Waals surface area contributed by atoms with Crippen LogP contribution in [0.3, 0.4) is 0 Å². The van der Waals surface area contributed by atoms with Crippen LogP contribution in [0.25, 0.3) is 0 Å². The Morgan fingerprint density at radius 2 is 1.76 bits per heavy atom. The molecule has 0 radical (unpaired) electrons. The molecule has 0 saturated heterocycles. The van der Waals surface area contributed by atoms with Crippen LogP contribution in [-0.2, 0) is 6.54 Å². The quantitative estimate of drug-likeness (QED) is 0.681. The number of urea groups is 1. The van der Waals surface area contributed by atoms with Gasteiger partial charge in [0, 0.05) is 18.3 Å². The number of hydrogen-bond acceptors (Lipinski definition) is 3. The van der Waals surface area contributed by atoms with Crippen molar-refractivity contribution in [2.75, 3.05) is 5.32 Å². The van der Waals surface area contributed by atoms with Gasteiger partial charge in [-0.25, -0.2) is 4.79 Å². The van der Waals surface area contributed by atoms with Crippen molar-refractivity contribution in [1.82, 2.24) is 5.32 Å². The van der Waals surface area contributed by atoms with Gasteiger partial charge in [0.15, 0.2) is 0 Å². The summed E-state index contributed by atoms with van der Waals surface area (Å²) in [5.41, 5.74) is 7.96. The van der Waals surface area contributed by atoms with Crippen LogP contribution in [0.2, 0.25) is 0 Å². The van der Waals surface area contributed by atoms with Crippen LogP contribution in [0.1, 0.15) is 24.1 Å². The number of primary amides is 1. The summed E-state index contributed by atoms with van der Waals surface area (Å²) < 4.78 is 0. The van der Waals surface area contributed by atoms with Crippen molar-refractivity contribution in [3.63, 3.8) is 0 Å². The Balaban J connectivity index is 1.92. The second-order valence-electron chi connectivity index (χ2n) is 4.88. The SMILES string of the molecule is CC(NCc1ccc(O)cc1)c1ccc(NC(N)=O)cc1. The van der Waals surface area contributed by atoms with Crippen LogP contribution in [-0.4, -0.2) is 11.1 Å². The van der Waals surface area contributed by atoms with Gasteiger partial charge in [0.05, 0.1) is 0 Å². The number of rotatable bonds is 5. The largest absolute Gasteiger partial charge is 0.508 e. The Hall–Kier alpha value is -2.53. The maximum absolute atomic E-state index is 10.8. The molecule has 0 bridgehead atoms. The molecule has 110 valence electrons. The molecule has 0 heterocycles. The zero-order valence-corrected chi connectivity index (χ0v) is 11.8. The number of nitrogens with one attached hydrogen (secondary N) is 2. The zero-order chi connectivity index (χ0) is 15.2. The minimum atomic E-state index is -0.568. The molecule has 0 fully saturated rings. The van der Waals surface area contributed by atoms with Gasteiger partial charge in [-0.15, -0.1) is 0 Å². The van der Waals surface area contributed by atoms with E-state index in [0.717, 1.165) is 11.1 Å². The fourth-order valence-electron chi connectivity index (χ4n) is 2.00. The first-order valence-electron chi connectivity index (χ1n) is 6.72. The summed E-state index contributed by atoms with van der Waals surface area (Å²) in [6, 6.07) is 14.2. The number of anilines is 1. The molecule has 1 unspecified atom stereocenters. The second kappa shape index (κ2) is 6.76. The highest BCUT2D eigenvalue weighted by Crippen LogP contribution is 2.17. The lowest BCUT2D eigenvalue weighted by Gasteiger charge is -2.15. The average Bonchev–Trinajstić information content (AvgIpc) is 2.46. The fourth-order valence-corrected chi connectivity index (χ4v) is 2.00. The van der Waals surface area contributed by atoms with E-state index in [1.165, 1.54) is 0 Å². The third-order valence-electron chi connectivity index (χ3n) is 3.23. The number of phenols is 1. The van der Waals surface area contributed by atoms with Gasteiger partial charge in [0.1, 0.15) is 5.75 Å². The maximum atomic E-state index is 10.8. The molecule has 0 saturated carbocycles. The first-order valence-corrected chi connectivity index (χ1v) is 6.72. The molecule has 21 heavy (non-hydrogen) atoms. The topological polar surface area (TPSA) is 87.4 Å². The summed E-state index contributed by atoms with van der Waals surface area (Å²) in [5.74, 6) is 0.268. The minimum absolute atomic E-state index is 0.168. The van der Waals surface area contributed by atoms with Crippen molar-refractivity contribution in [1.29, 1.82) is 0 Å². The number of carbonyl (C=O) groups excluding carboxylic acids is 1. The lowest BCUT2D eigenvalue weighted by atomic mass is 10.1. The number of carbonyl (C=O) groups is 1. The van der Waals surface area contributed by atoms with E-state index in [1.54, 1.807) is 12.1 Å². The predicted molar refractivity (Wildman–Crippen MR) is 83.0 cm³/mol. The Labute approximate surface area is 123 Å². The Morgan fingerprint density at radius 3 is 2.33 bits per heavy atom. The highest BCUT2D eigenvalue weighted by atomic mass is 16.3. The maximum Gasteiger partial charge on any atom is 0.316 e. The average molecular weight is 285 g/mol. The summed E-state index contributed by atoms with van der Waals surface area (Å²) in [4.78, 5) is 10.8. The zero-order valence-electron chi connectivity index (χ0n) is 11.8. The van der Waals surface area contributed by atoms with Crippen LogP contribution in [0.15, 0.2) is 48.5 Å². The summed E-state index contributed by atoms with van der Waals surface area (Å²) in [7, 11) is 0. The van der Waals surface area contributed by atoms with Crippen LogP contribution in [0.4, 0.5) is 10.5 Å². The lowest BCUT2D eigenvalue weighted by molar-refractivity contribution is 0.259. The molecule has 0 aliphatic carbocycles. The second-order valence-corrected chi connectivity index (χ2v) is 4.88. The third-order valence-corrected chi connectivity index (χ3v) is 3.23. The molecule has 2 amide bonds. The number of phenolic OH excluding ortho intramolecular Hbond substituents is 1. The van der Waals surface area contributed by atoms with E-state index in [9.17, 15) is 9.90 Å². The third kappa shape index (κ3) is 4.50. The first-order chi connectivity index (χ1) is 10.0. The Morgan fingerprint density at radius 1 is 1.14 bits per heavy atom. The number of nitrogens with two attached hydrogens (primary N) is 1. The highest BCUT2D eigenvalue weighted by Gasteiger charge is 2.05. The van der Waals surface area contributed by atoms with Crippen molar-refractivity contribution in [3.8, 4) is 5.75 Å². The molecule has 0 aliphatic rings. The van der Waals surface area contributed by atoms with E-state index in [4.69, 9.17) is 5.73 Å². The molecule has 2 aromatic rings. The molecule has 2 rings (SSSR count). The molecule has 5 N–H and O–H groups in total. The van der Waals surface area contributed by atoms with Crippen molar-refractivity contribution >= 4 is 11.7 Å². The van der Waals surface area contributed by atoms with Crippen LogP contribution in [0.5, 0.6) is 5.75 Å². The molecular weight excluding hydrogens is 266 g/mol. The first kappa shape index (κ1) is 14.9. The van der Waals surface area contributed by atoms with Crippen molar-refractivity contribution in [2.45, 2.75) is 19.5 Å². The monoisotopic (exact) mass is 285 g/mol. The summed E-state index contributed by atoms with van der Waals surface area (Å²) >= 11 is 0. The summed E-state index contributed by atoms with van der Waals surface area (Å²) in [6.07, 6.45) is 0. The predicted octanol–water partition coefficient (Wildman–Crippen LogP) is 2.73. The lowest BCUT2D eigenvalue weighted by Crippen LogP contribution is -2.20. The molecule has 5 heteroatoms. The van der Waals surface area contributed by atoms with Crippen LogP contribution >= 0.6 is 0 Å². The Kier molecular flexibility index (Phi) is 4.79. The van der Waals surface area contributed by atoms with E-state index >= 15 is 0 Å². The number of aromatic hydroxyl groups is 1. The van der Waals surface area contributed by atoms with Crippen molar-refractivity contribution in [3.05, 3.63) is 59.7 Å². The highest BCUT2D eigenvalue weighted by molar-refractivity contribution is 5.87. The Bertz CT molecular complexity index is 594. The van der Waals surface area contributed by atoms with Crippen LogP contribution < -0.4 is 16.4 Å². The molecular formula is C16H19N3O2. The van der Waals surface area contributed by atoms with E-state index in [1.807, 2.05) is 36.4 Å². The van der Waals surface area contributed by atoms with Crippen molar-refractivity contribution in [2.24, 2.45) is 5.73 Å². The van der Waals surface area contributed by atoms with Gasteiger partial charge in [-0.3, -0.25) is 0 Å².